The topological polar surface area (TPSA) is 44.1 Å². The maximum absolute atomic E-state index is 13.0. The number of hydrogen-bond acceptors (Lipinski definition) is 2. The maximum atomic E-state index is 13.0. The molecular formula is C13H12ClFN2O. The van der Waals surface area contributed by atoms with Crippen LogP contribution in [0, 0.1) is 23.1 Å². The van der Waals surface area contributed by atoms with Crippen LogP contribution in [0.5, 0.6) is 0 Å². The van der Waals surface area contributed by atoms with Crippen molar-refractivity contribution in [3.8, 4) is 6.07 Å². The van der Waals surface area contributed by atoms with Crippen LogP contribution in [0.4, 0.5) is 4.39 Å². The van der Waals surface area contributed by atoms with Crippen molar-refractivity contribution in [3.63, 3.8) is 0 Å². The molecule has 1 atom stereocenters. The molecule has 1 aromatic rings. The number of carbonyl (C=O) groups is 1. The monoisotopic (exact) mass is 266 g/mol. The van der Waals surface area contributed by atoms with E-state index < -0.39 is 5.82 Å². The van der Waals surface area contributed by atoms with Gasteiger partial charge in [0.15, 0.2) is 0 Å². The Morgan fingerprint density at radius 3 is 3.00 bits per heavy atom. The van der Waals surface area contributed by atoms with Gasteiger partial charge in [0.2, 0.25) is 0 Å². The Kier molecular flexibility index (Phi) is 3.83. The third-order valence-electron chi connectivity index (χ3n) is 3.06. The Labute approximate surface area is 110 Å². The van der Waals surface area contributed by atoms with Gasteiger partial charge in [-0.05, 0) is 31.0 Å². The van der Waals surface area contributed by atoms with Gasteiger partial charge < -0.3 is 4.90 Å². The van der Waals surface area contributed by atoms with Crippen molar-refractivity contribution in [2.45, 2.75) is 12.8 Å². The number of likely N-dealkylation sites (tertiary alicyclic amines) is 1. The maximum Gasteiger partial charge on any atom is 0.253 e. The van der Waals surface area contributed by atoms with E-state index in [4.69, 9.17) is 16.9 Å². The van der Waals surface area contributed by atoms with Gasteiger partial charge in [0.1, 0.15) is 5.82 Å². The summed E-state index contributed by atoms with van der Waals surface area (Å²) < 4.78 is 13.0. The van der Waals surface area contributed by atoms with Crippen molar-refractivity contribution in [2.75, 3.05) is 13.1 Å². The molecule has 1 unspecified atom stereocenters. The van der Waals surface area contributed by atoms with Crippen LogP contribution in [0.1, 0.15) is 23.2 Å². The molecule has 2 rings (SSSR count). The lowest BCUT2D eigenvalue weighted by Gasteiger charge is -2.29. The molecule has 0 bridgehead atoms. The molecule has 5 heteroatoms. The van der Waals surface area contributed by atoms with Gasteiger partial charge in [-0.2, -0.15) is 5.26 Å². The molecule has 1 aliphatic rings. The molecule has 0 aliphatic carbocycles. The third kappa shape index (κ3) is 2.62. The van der Waals surface area contributed by atoms with Gasteiger partial charge in [0.25, 0.3) is 5.91 Å². The fourth-order valence-electron chi connectivity index (χ4n) is 2.08. The number of piperidine rings is 1. The molecule has 18 heavy (non-hydrogen) atoms. The standard InChI is InChI=1S/C13H12ClFN2O/c14-11-6-10(3-4-12(11)15)13(18)17-5-1-2-9(7-16)8-17/h3-4,6,9H,1-2,5,8H2. The second-order valence-electron chi connectivity index (χ2n) is 4.35. The van der Waals surface area contributed by atoms with Crippen molar-refractivity contribution in [3.05, 3.63) is 34.6 Å². The smallest absolute Gasteiger partial charge is 0.253 e. The molecule has 0 radical (unpaired) electrons. The SMILES string of the molecule is N#CC1CCCN(C(=O)c2ccc(F)c(Cl)c2)C1. The van der Waals surface area contributed by atoms with E-state index in [0.29, 0.717) is 18.7 Å². The first-order valence-electron chi connectivity index (χ1n) is 5.75. The minimum absolute atomic E-state index is 0.0605. The Bertz CT molecular complexity index is 512. The normalized spacial score (nSPS) is 19.4. The molecular weight excluding hydrogens is 255 g/mol. The van der Waals surface area contributed by atoms with Crippen molar-refractivity contribution in [1.29, 1.82) is 5.26 Å². The molecule has 0 aromatic heterocycles. The van der Waals surface area contributed by atoms with Crippen LogP contribution in [0.15, 0.2) is 18.2 Å². The van der Waals surface area contributed by atoms with Crippen LogP contribution < -0.4 is 0 Å². The first-order chi connectivity index (χ1) is 8.61. The summed E-state index contributed by atoms with van der Waals surface area (Å²) in [7, 11) is 0. The molecule has 1 fully saturated rings. The fraction of sp³-hybridized carbons (Fsp3) is 0.385. The summed E-state index contributed by atoms with van der Waals surface area (Å²) in [5, 5.41) is 8.82. The number of carbonyl (C=O) groups excluding carboxylic acids is 1. The summed E-state index contributed by atoms with van der Waals surface area (Å²) in [6, 6.07) is 6.11. The van der Waals surface area contributed by atoms with E-state index in [2.05, 4.69) is 6.07 Å². The van der Waals surface area contributed by atoms with E-state index in [1.54, 1.807) is 4.90 Å². The summed E-state index contributed by atoms with van der Waals surface area (Å²) in [6.07, 6.45) is 1.64. The van der Waals surface area contributed by atoms with Crippen LogP contribution in [-0.4, -0.2) is 23.9 Å². The molecule has 0 N–H and O–H groups in total. The molecule has 3 nitrogen and oxygen atoms in total. The fourth-order valence-corrected chi connectivity index (χ4v) is 2.26. The Hall–Kier alpha value is -1.60. The molecule has 94 valence electrons. The largest absolute Gasteiger partial charge is 0.337 e. The van der Waals surface area contributed by atoms with Gasteiger partial charge in [0, 0.05) is 18.7 Å². The van der Waals surface area contributed by atoms with Crippen molar-refractivity contribution in [2.24, 2.45) is 5.92 Å². The first-order valence-corrected chi connectivity index (χ1v) is 6.13. The number of halogens is 2. The summed E-state index contributed by atoms with van der Waals surface area (Å²) in [5.74, 6) is -0.850. The molecule has 0 saturated carbocycles. The highest BCUT2D eigenvalue weighted by Gasteiger charge is 2.24. The first kappa shape index (κ1) is 12.8. The minimum atomic E-state index is -0.540. The zero-order valence-electron chi connectivity index (χ0n) is 9.70. The van der Waals surface area contributed by atoms with Gasteiger partial charge in [-0.15, -0.1) is 0 Å². The number of nitrogens with zero attached hydrogens (tertiary/aromatic N) is 2. The predicted molar refractivity (Wildman–Crippen MR) is 65.7 cm³/mol. The molecule has 1 heterocycles. The minimum Gasteiger partial charge on any atom is -0.337 e. The van der Waals surface area contributed by atoms with E-state index >= 15 is 0 Å². The predicted octanol–water partition coefficient (Wildman–Crippen LogP) is 2.85. The molecule has 0 spiro atoms. The van der Waals surface area contributed by atoms with Crippen molar-refractivity contribution < 1.29 is 9.18 Å². The van der Waals surface area contributed by atoms with E-state index in [1.807, 2.05) is 0 Å². The third-order valence-corrected chi connectivity index (χ3v) is 3.35. The highest BCUT2D eigenvalue weighted by molar-refractivity contribution is 6.31. The Balaban J connectivity index is 2.15. The van der Waals surface area contributed by atoms with Crippen LogP contribution >= 0.6 is 11.6 Å². The van der Waals surface area contributed by atoms with Crippen LogP contribution in [0.3, 0.4) is 0 Å². The zero-order chi connectivity index (χ0) is 13.1. The number of nitriles is 1. The van der Waals surface area contributed by atoms with Crippen molar-refractivity contribution >= 4 is 17.5 Å². The van der Waals surface area contributed by atoms with Crippen molar-refractivity contribution in [1.82, 2.24) is 4.90 Å². The number of benzene rings is 1. The van der Waals surface area contributed by atoms with E-state index in [9.17, 15) is 9.18 Å². The van der Waals surface area contributed by atoms with Crippen LogP contribution in [0.2, 0.25) is 5.02 Å². The number of hydrogen-bond donors (Lipinski definition) is 0. The van der Waals surface area contributed by atoms with E-state index in [1.165, 1.54) is 18.2 Å². The summed E-state index contributed by atoms with van der Waals surface area (Å²) in [5.41, 5.74) is 0.361. The zero-order valence-corrected chi connectivity index (χ0v) is 10.5. The average molecular weight is 267 g/mol. The highest BCUT2D eigenvalue weighted by atomic mass is 35.5. The van der Waals surface area contributed by atoms with Gasteiger partial charge >= 0.3 is 0 Å². The van der Waals surface area contributed by atoms with E-state index in [0.717, 1.165) is 12.8 Å². The summed E-state index contributed by atoms with van der Waals surface area (Å²) in [6.45, 7) is 1.07. The van der Waals surface area contributed by atoms with Gasteiger partial charge in [-0.3, -0.25) is 4.79 Å². The quantitative estimate of drug-likeness (QED) is 0.784. The molecule has 1 saturated heterocycles. The lowest BCUT2D eigenvalue weighted by atomic mass is 9.99. The lowest BCUT2D eigenvalue weighted by molar-refractivity contribution is 0.0698. The molecule has 1 aromatic carbocycles. The Morgan fingerprint density at radius 1 is 1.56 bits per heavy atom. The van der Waals surface area contributed by atoms with E-state index in [-0.39, 0.29) is 16.8 Å². The average Bonchev–Trinajstić information content (AvgIpc) is 2.41. The van der Waals surface area contributed by atoms with Gasteiger partial charge in [0.05, 0.1) is 17.0 Å². The summed E-state index contributed by atoms with van der Waals surface area (Å²) >= 11 is 5.65. The van der Waals surface area contributed by atoms with Gasteiger partial charge in [-0.25, -0.2) is 4.39 Å². The highest BCUT2D eigenvalue weighted by Crippen LogP contribution is 2.21. The van der Waals surface area contributed by atoms with Crippen LogP contribution in [-0.2, 0) is 0 Å². The molecule has 1 aliphatic heterocycles. The van der Waals surface area contributed by atoms with Gasteiger partial charge in [-0.1, -0.05) is 11.6 Å². The molecule has 1 amide bonds. The second-order valence-corrected chi connectivity index (χ2v) is 4.76. The van der Waals surface area contributed by atoms with Crippen LogP contribution in [0.25, 0.3) is 0 Å². The summed E-state index contributed by atoms with van der Waals surface area (Å²) in [4.78, 5) is 13.8. The Morgan fingerprint density at radius 2 is 2.33 bits per heavy atom. The number of rotatable bonds is 1. The number of amides is 1. The second kappa shape index (κ2) is 5.36. The lowest BCUT2D eigenvalue weighted by Crippen LogP contribution is -2.39.